The van der Waals surface area contributed by atoms with Gasteiger partial charge in [0.1, 0.15) is 0 Å². The van der Waals surface area contributed by atoms with Gasteiger partial charge in [-0.15, -0.1) is 0 Å². The number of nitrogens with zero attached hydrogens (tertiary/aromatic N) is 3. The van der Waals surface area contributed by atoms with Crippen LogP contribution in [0.25, 0.3) is 0 Å². The lowest BCUT2D eigenvalue weighted by Crippen LogP contribution is -2.53. The van der Waals surface area contributed by atoms with Gasteiger partial charge in [-0.3, -0.25) is 4.90 Å². The molecule has 0 saturated carbocycles. The van der Waals surface area contributed by atoms with Crippen LogP contribution in [0.5, 0.6) is 0 Å². The van der Waals surface area contributed by atoms with Gasteiger partial charge in [-0.2, -0.15) is 0 Å². The molecule has 166 valence electrons. The molecule has 2 aromatic carbocycles. The summed E-state index contributed by atoms with van der Waals surface area (Å²) in [7, 11) is 0. The molecule has 0 spiro atoms. The van der Waals surface area contributed by atoms with Crippen molar-refractivity contribution in [1.82, 2.24) is 9.80 Å². The van der Waals surface area contributed by atoms with Crippen molar-refractivity contribution in [3.8, 4) is 0 Å². The summed E-state index contributed by atoms with van der Waals surface area (Å²) in [4.78, 5) is 21.0. The maximum absolute atomic E-state index is 11.4. The zero-order chi connectivity index (χ0) is 22.2. The number of carboxylic acids is 1. The second-order valence-corrected chi connectivity index (χ2v) is 8.64. The number of nitrogens with one attached hydrogen (secondary N) is 1. The topological polar surface area (TPSA) is 68.2 Å². The summed E-state index contributed by atoms with van der Waals surface area (Å²) < 4.78 is 0. The molecule has 3 rings (SSSR count). The van der Waals surface area contributed by atoms with Crippen LogP contribution in [0.4, 0.5) is 5.69 Å². The number of rotatable bonds is 7. The number of piperazine rings is 1. The zero-order valence-corrected chi connectivity index (χ0v) is 18.8. The molecule has 0 aromatic heterocycles. The van der Waals surface area contributed by atoms with E-state index in [9.17, 15) is 9.90 Å². The van der Waals surface area contributed by atoms with Crippen molar-refractivity contribution in [3.05, 3.63) is 65.7 Å². The van der Waals surface area contributed by atoms with Crippen LogP contribution >= 0.6 is 0 Å². The first kappa shape index (κ1) is 22.8. The summed E-state index contributed by atoms with van der Waals surface area (Å²) in [6.07, 6.45) is 1.20. The third-order valence-corrected chi connectivity index (χ3v) is 5.67. The standard InChI is InChI=1S/C25H34N4O2/c1-19(2)16-20(3)28-12-14-29(15-13-28)25(26-18-21-8-5-4-6-9-21)27-23-11-7-10-22(17-23)24(30)31/h4-11,17,19-20H,12-16,18H2,1-3H3,(H,26,27)(H,30,31)/t20-/m0/s1. The summed E-state index contributed by atoms with van der Waals surface area (Å²) >= 11 is 0. The van der Waals surface area contributed by atoms with Gasteiger partial charge in [0.15, 0.2) is 5.96 Å². The fourth-order valence-corrected chi connectivity index (χ4v) is 4.03. The molecule has 2 N–H and O–H groups in total. The SMILES string of the molecule is CC(C)C[C@H](C)N1CCN(C(=NCc2ccccc2)Nc2cccc(C(=O)O)c2)CC1. The quantitative estimate of drug-likeness (QED) is 0.511. The lowest BCUT2D eigenvalue weighted by atomic mass is 10.0. The molecule has 1 heterocycles. The molecule has 31 heavy (non-hydrogen) atoms. The summed E-state index contributed by atoms with van der Waals surface area (Å²) in [5, 5.41) is 12.7. The van der Waals surface area contributed by atoms with Crippen molar-refractivity contribution in [2.24, 2.45) is 10.9 Å². The smallest absolute Gasteiger partial charge is 0.335 e. The van der Waals surface area contributed by atoms with Crippen molar-refractivity contribution in [2.45, 2.75) is 39.8 Å². The van der Waals surface area contributed by atoms with Crippen LogP contribution in [0.15, 0.2) is 59.6 Å². The molecule has 2 aromatic rings. The Labute approximate surface area is 185 Å². The monoisotopic (exact) mass is 422 g/mol. The van der Waals surface area contributed by atoms with Crippen LogP contribution in [0.3, 0.4) is 0 Å². The number of aromatic carboxylic acids is 1. The minimum Gasteiger partial charge on any atom is -0.478 e. The predicted octanol–water partition coefficient (Wildman–Crippen LogP) is 4.41. The Morgan fingerprint density at radius 3 is 2.39 bits per heavy atom. The number of benzene rings is 2. The second-order valence-electron chi connectivity index (χ2n) is 8.64. The predicted molar refractivity (Wildman–Crippen MR) is 127 cm³/mol. The highest BCUT2D eigenvalue weighted by atomic mass is 16.4. The van der Waals surface area contributed by atoms with Crippen LogP contribution in [-0.2, 0) is 6.54 Å². The number of carboxylic acid groups (broad SMARTS) is 1. The van der Waals surface area contributed by atoms with Crippen LogP contribution in [0.1, 0.15) is 43.1 Å². The van der Waals surface area contributed by atoms with Crippen molar-refractivity contribution >= 4 is 17.6 Å². The molecule has 6 heteroatoms. The maximum atomic E-state index is 11.4. The van der Waals surface area contributed by atoms with E-state index in [1.54, 1.807) is 18.2 Å². The van der Waals surface area contributed by atoms with Crippen LogP contribution < -0.4 is 5.32 Å². The number of hydrogen-bond donors (Lipinski definition) is 2. The highest BCUT2D eigenvalue weighted by Crippen LogP contribution is 2.16. The number of aliphatic imine (C=N–C) groups is 1. The molecule has 0 unspecified atom stereocenters. The van der Waals surface area contributed by atoms with E-state index in [2.05, 4.69) is 48.0 Å². The average molecular weight is 423 g/mol. The second kappa shape index (κ2) is 11.0. The van der Waals surface area contributed by atoms with Crippen LogP contribution in [0.2, 0.25) is 0 Å². The van der Waals surface area contributed by atoms with E-state index in [0.717, 1.165) is 43.4 Å². The Morgan fingerprint density at radius 1 is 1.03 bits per heavy atom. The fraction of sp³-hybridized carbons (Fsp3) is 0.440. The maximum Gasteiger partial charge on any atom is 0.335 e. The lowest BCUT2D eigenvalue weighted by molar-refractivity contribution is 0.0697. The molecular weight excluding hydrogens is 388 g/mol. The summed E-state index contributed by atoms with van der Waals surface area (Å²) in [6.45, 7) is 11.2. The lowest BCUT2D eigenvalue weighted by Gasteiger charge is -2.40. The van der Waals surface area contributed by atoms with Crippen LogP contribution in [-0.4, -0.2) is 59.1 Å². The first-order chi connectivity index (χ1) is 14.9. The molecule has 6 nitrogen and oxygen atoms in total. The highest BCUT2D eigenvalue weighted by molar-refractivity contribution is 5.95. The van der Waals surface area contributed by atoms with Gasteiger partial charge in [0.2, 0.25) is 0 Å². The Bertz CT molecular complexity index is 874. The van der Waals surface area contributed by atoms with Gasteiger partial charge in [0.05, 0.1) is 12.1 Å². The van der Waals surface area contributed by atoms with Gasteiger partial charge >= 0.3 is 5.97 Å². The Kier molecular flexibility index (Phi) is 8.06. The van der Waals surface area contributed by atoms with Crippen LogP contribution in [0, 0.1) is 5.92 Å². The van der Waals surface area contributed by atoms with Gasteiger partial charge in [-0.05, 0) is 43.0 Å². The van der Waals surface area contributed by atoms with Gasteiger partial charge in [-0.1, -0.05) is 50.2 Å². The largest absolute Gasteiger partial charge is 0.478 e. The normalized spacial score (nSPS) is 16.4. The van der Waals surface area contributed by atoms with E-state index >= 15 is 0 Å². The molecule has 1 saturated heterocycles. The Hall–Kier alpha value is -2.86. The number of guanidine groups is 1. The van der Waals surface area contributed by atoms with E-state index in [1.165, 1.54) is 6.42 Å². The molecule has 0 bridgehead atoms. The molecule has 1 atom stereocenters. The minimum atomic E-state index is -0.931. The molecular formula is C25H34N4O2. The van der Waals surface area contributed by atoms with Crippen molar-refractivity contribution in [1.29, 1.82) is 0 Å². The van der Waals surface area contributed by atoms with E-state index < -0.39 is 5.97 Å². The van der Waals surface area contributed by atoms with Gasteiger partial charge < -0.3 is 15.3 Å². The Morgan fingerprint density at radius 2 is 1.74 bits per heavy atom. The van der Waals surface area contributed by atoms with E-state index in [-0.39, 0.29) is 5.56 Å². The highest BCUT2D eigenvalue weighted by Gasteiger charge is 2.23. The number of carbonyl (C=O) groups is 1. The van der Waals surface area contributed by atoms with E-state index in [1.807, 2.05) is 24.3 Å². The molecule has 1 aliphatic rings. The van der Waals surface area contributed by atoms with Crippen molar-refractivity contribution in [2.75, 3.05) is 31.5 Å². The first-order valence-corrected chi connectivity index (χ1v) is 11.1. The van der Waals surface area contributed by atoms with E-state index in [4.69, 9.17) is 4.99 Å². The number of anilines is 1. The summed E-state index contributed by atoms with van der Waals surface area (Å²) in [5.41, 5.74) is 2.15. The van der Waals surface area contributed by atoms with Gasteiger partial charge in [0.25, 0.3) is 0 Å². The third kappa shape index (κ3) is 6.82. The third-order valence-electron chi connectivity index (χ3n) is 5.67. The fourth-order valence-electron chi connectivity index (χ4n) is 4.03. The average Bonchev–Trinajstić information content (AvgIpc) is 2.77. The number of hydrogen-bond acceptors (Lipinski definition) is 3. The molecule has 1 aliphatic heterocycles. The molecule has 0 radical (unpaired) electrons. The molecule has 0 aliphatic carbocycles. The van der Waals surface area contributed by atoms with Crippen molar-refractivity contribution in [3.63, 3.8) is 0 Å². The minimum absolute atomic E-state index is 0.264. The van der Waals surface area contributed by atoms with E-state index in [0.29, 0.717) is 18.5 Å². The molecule has 0 amide bonds. The van der Waals surface area contributed by atoms with Gasteiger partial charge in [0, 0.05) is 37.9 Å². The van der Waals surface area contributed by atoms with Gasteiger partial charge in [-0.25, -0.2) is 9.79 Å². The first-order valence-electron chi connectivity index (χ1n) is 11.1. The summed E-state index contributed by atoms with van der Waals surface area (Å²) in [6, 6.07) is 17.6. The van der Waals surface area contributed by atoms with Crippen molar-refractivity contribution < 1.29 is 9.90 Å². The molecule has 1 fully saturated rings. The Balaban J connectivity index is 1.73. The summed E-state index contributed by atoms with van der Waals surface area (Å²) in [5.74, 6) is 0.556. The zero-order valence-electron chi connectivity index (χ0n) is 18.8.